The lowest BCUT2D eigenvalue weighted by Crippen LogP contribution is -2.51. The number of rotatable bonds is 7. The van der Waals surface area contributed by atoms with E-state index < -0.39 is 6.04 Å². The molecule has 0 saturated heterocycles. The van der Waals surface area contributed by atoms with E-state index >= 15 is 0 Å². The van der Waals surface area contributed by atoms with Crippen molar-refractivity contribution in [1.82, 2.24) is 19.8 Å². The first-order chi connectivity index (χ1) is 12.8. The lowest BCUT2D eigenvalue weighted by Gasteiger charge is -2.34. The summed E-state index contributed by atoms with van der Waals surface area (Å²) in [5.41, 5.74) is 1.83. The Labute approximate surface area is 164 Å². The third kappa shape index (κ3) is 4.53. The van der Waals surface area contributed by atoms with E-state index in [0.717, 1.165) is 41.9 Å². The number of nitrogens with zero attached hydrogens (tertiary/aromatic N) is 3. The number of nitrogens with one attached hydrogen (secondary N) is 1. The number of aromatic nitrogens is 2. The van der Waals surface area contributed by atoms with Crippen molar-refractivity contribution in [3.8, 4) is 0 Å². The molecule has 1 aromatic carbocycles. The van der Waals surface area contributed by atoms with Crippen LogP contribution in [0.3, 0.4) is 0 Å². The van der Waals surface area contributed by atoms with E-state index in [1.54, 1.807) is 10.3 Å². The highest BCUT2D eigenvalue weighted by molar-refractivity contribution is 7.03. The van der Waals surface area contributed by atoms with Gasteiger partial charge in [-0.05, 0) is 57.1 Å². The van der Waals surface area contributed by atoms with Gasteiger partial charge in [-0.2, -0.15) is 0 Å². The SMILES string of the molecule is CCC(C)(C)NC(=O)[C@H](c1cccc(C)c1)N(C(=O)c1csnn1)C1CC1. The Morgan fingerprint density at radius 3 is 2.67 bits per heavy atom. The molecule has 0 unspecified atom stereocenters. The van der Waals surface area contributed by atoms with Crippen molar-refractivity contribution >= 4 is 23.3 Å². The van der Waals surface area contributed by atoms with Crippen LogP contribution in [0.5, 0.6) is 0 Å². The van der Waals surface area contributed by atoms with Crippen LogP contribution < -0.4 is 5.32 Å². The Morgan fingerprint density at radius 2 is 2.11 bits per heavy atom. The van der Waals surface area contributed by atoms with Gasteiger partial charge in [0.2, 0.25) is 5.91 Å². The highest BCUT2D eigenvalue weighted by Crippen LogP contribution is 2.36. The van der Waals surface area contributed by atoms with E-state index in [1.165, 1.54) is 0 Å². The molecule has 1 aliphatic carbocycles. The first kappa shape index (κ1) is 19.5. The molecule has 1 atom stereocenters. The van der Waals surface area contributed by atoms with E-state index in [-0.39, 0.29) is 23.4 Å². The van der Waals surface area contributed by atoms with E-state index in [2.05, 4.69) is 14.9 Å². The Morgan fingerprint density at radius 1 is 1.37 bits per heavy atom. The highest BCUT2D eigenvalue weighted by atomic mass is 32.1. The largest absolute Gasteiger partial charge is 0.349 e. The molecular weight excluding hydrogens is 360 g/mol. The van der Waals surface area contributed by atoms with Crippen LogP contribution >= 0.6 is 11.5 Å². The highest BCUT2D eigenvalue weighted by Gasteiger charge is 2.43. The lowest BCUT2D eigenvalue weighted by molar-refractivity contribution is -0.127. The van der Waals surface area contributed by atoms with Gasteiger partial charge in [-0.3, -0.25) is 9.59 Å². The van der Waals surface area contributed by atoms with Crippen LogP contribution in [0, 0.1) is 6.92 Å². The van der Waals surface area contributed by atoms with Crippen molar-refractivity contribution in [3.05, 3.63) is 46.5 Å². The second-order valence-corrected chi connectivity index (χ2v) is 8.39. The van der Waals surface area contributed by atoms with Crippen molar-refractivity contribution in [2.75, 3.05) is 0 Å². The molecule has 3 rings (SSSR count). The molecule has 1 fully saturated rings. The van der Waals surface area contributed by atoms with Crippen LogP contribution in [-0.4, -0.2) is 37.9 Å². The summed E-state index contributed by atoms with van der Waals surface area (Å²) in [6.45, 7) is 8.01. The normalized spacial score (nSPS) is 15.3. The van der Waals surface area contributed by atoms with Crippen LogP contribution in [0.1, 0.15) is 67.7 Å². The molecule has 7 heteroatoms. The fourth-order valence-electron chi connectivity index (χ4n) is 3.01. The number of benzene rings is 1. The second-order valence-electron chi connectivity index (χ2n) is 7.78. The minimum atomic E-state index is -0.683. The van der Waals surface area contributed by atoms with Gasteiger partial charge < -0.3 is 10.2 Å². The molecule has 0 aliphatic heterocycles. The minimum Gasteiger partial charge on any atom is -0.349 e. The van der Waals surface area contributed by atoms with Crippen molar-refractivity contribution in [3.63, 3.8) is 0 Å². The average molecular weight is 387 g/mol. The molecule has 144 valence electrons. The van der Waals surface area contributed by atoms with Crippen LogP contribution in [0.25, 0.3) is 0 Å². The molecule has 6 nitrogen and oxygen atoms in total. The van der Waals surface area contributed by atoms with Gasteiger partial charge in [0, 0.05) is 17.0 Å². The number of amides is 2. The van der Waals surface area contributed by atoms with Crippen molar-refractivity contribution in [1.29, 1.82) is 0 Å². The maximum atomic E-state index is 13.3. The quantitative estimate of drug-likeness (QED) is 0.790. The molecule has 0 spiro atoms. The zero-order valence-electron chi connectivity index (χ0n) is 16.2. The van der Waals surface area contributed by atoms with E-state index in [4.69, 9.17) is 0 Å². The summed E-state index contributed by atoms with van der Waals surface area (Å²) in [7, 11) is 0. The molecule has 1 N–H and O–H groups in total. The summed E-state index contributed by atoms with van der Waals surface area (Å²) in [5.74, 6) is -0.391. The average Bonchev–Trinajstić information content (AvgIpc) is 3.30. The third-order valence-electron chi connectivity index (χ3n) is 4.98. The van der Waals surface area contributed by atoms with Gasteiger partial charge in [0.05, 0.1) is 0 Å². The second kappa shape index (κ2) is 7.76. The molecule has 1 heterocycles. The zero-order chi connectivity index (χ0) is 19.6. The maximum absolute atomic E-state index is 13.3. The molecular formula is C20H26N4O2S. The Balaban J connectivity index is 2.01. The summed E-state index contributed by atoms with van der Waals surface area (Å²) in [5, 5.41) is 8.70. The van der Waals surface area contributed by atoms with E-state index in [0.29, 0.717) is 5.69 Å². The molecule has 27 heavy (non-hydrogen) atoms. The van der Waals surface area contributed by atoms with Crippen LogP contribution in [0.4, 0.5) is 0 Å². The maximum Gasteiger partial charge on any atom is 0.276 e. The van der Waals surface area contributed by atoms with Gasteiger partial charge in [0.25, 0.3) is 5.91 Å². The van der Waals surface area contributed by atoms with Gasteiger partial charge in [-0.15, -0.1) is 5.10 Å². The van der Waals surface area contributed by atoms with E-state index in [9.17, 15) is 9.59 Å². The molecule has 1 saturated carbocycles. The zero-order valence-corrected chi connectivity index (χ0v) is 17.0. The molecule has 1 aromatic heterocycles. The van der Waals surface area contributed by atoms with Crippen molar-refractivity contribution in [2.45, 2.75) is 64.6 Å². The summed E-state index contributed by atoms with van der Waals surface area (Å²) in [6.07, 6.45) is 2.60. The third-order valence-corrected chi connectivity index (χ3v) is 5.49. The first-order valence-electron chi connectivity index (χ1n) is 9.30. The molecule has 2 amide bonds. The minimum absolute atomic E-state index is 0.0557. The van der Waals surface area contributed by atoms with Crippen LogP contribution in [-0.2, 0) is 4.79 Å². The number of aryl methyl sites for hydroxylation is 1. The summed E-state index contributed by atoms with van der Waals surface area (Å²) in [6, 6.07) is 7.18. The predicted molar refractivity (Wildman–Crippen MR) is 106 cm³/mol. The standard InChI is InChI=1S/C20H26N4O2S/c1-5-20(3,4)21-18(25)17(14-8-6-7-13(2)11-14)24(15-9-10-15)19(26)16-12-27-23-22-16/h6-8,11-12,15,17H,5,9-10H2,1-4H3,(H,21,25)/t17-/m0/s1. The van der Waals surface area contributed by atoms with Crippen molar-refractivity contribution < 1.29 is 9.59 Å². The number of hydrogen-bond acceptors (Lipinski definition) is 5. The first-order valence-corrected chi connectivity index (χ1v) is 10.1. The van der Waals surface area contributed by atoms with Crippen LogP contribution in [0.15, 0.2) is 29.6 Å². The molecule has 1 aliphatic rings. The topological polar surface area (TPSA) is 75.2 Å². The lowest BCUT2D eigenvalue weighted by atomic mass is 9.97. The van der Waals surface area contributed by atoms with E-state index in [1.807, 2.05) is 52.0 Å². The molecule has 0 radical (unpaired) electrons. The smallest absolute Gasteiger partial charge is 0.276 e. The molecule has 2 aromatic rings. The van der Waals surface area contributed by atoms with Crippen LogP contribution in [0.2, 0.25) is 0 Å². The van der Waals surface area contributed by atoms with Gasteiger partial charge >= 0.3 is 0 Å². The molecule has 0 bridgehead atoms. The number of carbonyl (C=O) groups is 2. The van der Waals surface area contributed by atoms with Crippen molar-refractivity contribution in [2.24, 2.45) is 0 Å². The summed E-state index contributed by atoms with van der Waals surface area (Å²) >= 11 is 1.14. The number of carbonyl (C=O) groups excluding carboxylic acids is 2. The fourth-order valence-corrected chi connectivity index (χ4v) is 3.44. The summed E-state index contributed by atoms with van der Waals surface area (Å²) in [4.78, 5) is 28.2. The van der Waals surface area contributed by atoms with Gasteiger partial charge in [-0.1, -0.05) is 41.2 Å². The summed E-state index contributed by atoms with van der Waals surface area (Å²) < 4.78 is 3.81. The number of hydrogen-bond donors (Lipinski definition) is 1. The Kier molecular flexibility index (Phi) is 5.60. The fraction of sp³-hybridized carbons (Fsp3) is 0.500. The Hall–Kier alpha value is -2.28. The van der Waals surface area contributed by atoms with Gasteiger partial charge in [0.1, 0.15) is 6.04 Å². The van der Waals surface area contributed by atoms with Gasteiger partial charge in [0.15, 0.2) is 5.69 Å². The van der Waals surface area contributed by atoms with Gasteiger partial charge in [-0.25, -0.2) is 0 Å². The predicted octanol–water partition coefficient (Wildman–Crippen LogP) is 3.50. The Bertz CT molecular complexity index is 815. The monoisotopic (exact) mass is 386 g/mol.